The van der Waals surface area contributed by atoms with Gasteiger partial charge in [-0.15, -0.1) is 0 Å². The maximum atomic E-state index is 12.4. The molecule has 1 aliphatic carbocycles. The molecule has 4 aromatic rings. The molecule has 7 heteroatoms. The molecule has 1 fully saturated rings. The number of aromatic amines is 2. The van der Waals surface area contributed by atoms with E-state index in [9.17, 15) is 4.79 Å². The van der Waals surface area contributed by atoms with Gasteiger partial charge in [0.2, 0.25) is 0 Å². The normalized spacial score (nSPS) is 20.2. The van der Waals surface area contributed by atoms with Crippen molar-refractivity contribution < 1.29 is 1.41 Å². The Hall–Kier alpha value is -2.96. The van der Waals surface area contributed by atoms with Crippen LogP contribution in [0.4, 0.5) is 0 Å². The summed E-state index contributed by atoms with van der Waals surface area (Å²) in [5.41, 5.74) is 7.02. The molecule has 138 valence electrons. The summed E-state index contributed by atoms with van der Waals surface area (Å²) in [6, 6.07) is 0. The molecule has 5 rings (SSSR count). The summed E-state index contributed by atoms with van der Waals surface area (Å²) in [5, 5.41) is 5.09. The zero-order chi connectivity index (χ0) is 19.7. The van der Waals surface area contributed by atoms with Crippen molar-refractivity contribution in [3.63, 3.8) is 0 Å². The number of H-pyrrole nitrogens is 2. The molecule has 0 saturated heterocycles. The summed E-state index contributed by atoms with van der Waals surface area (Å²) < 4.78 is 9.99. The Morgan fingerprint density at radius 3 is 2.67 bits per heavy atom. The molecule has 0 amide bonds. The molecule has 4 aromatic heterocycles. The van der Waals surface area contributed by atoms with Gasteiger partial charge in [0, 0.05) is 23.7 Å². The lowest BCUT2D eigenvalue weighted by Gasteiger charge is -2.35. The highest BCUT2D eigenvalue weighted by Crippen LogP contribution is 2.48. The number of aryl methyl sites for hydroxylation is 3. The lowest BCUT2D eigenvalue weighted by atomic mass is 9.71. The van der Waals surface area contributed by atoms with Crippen molar-refractivity contribution in [3.8, 4) is 0 Å². The Kier molecular flexibility index (Phi) is 3.09. The Morgan fingerprint density at radius 2 is 1.93 bits per heavy atom. The maximum absolute atomic E-state index is 12.4. The van der Waals surface area contributed by atoms with E-state index in [0.29, 0.717) is 16.9 Å². The van der Waals surface area contributed by atoms with Crippen LogP contribution in [0.5, 0.6) is 0 Å². The Labute approximate surface area is 157 Å². The summed E-state index contributed by atoms with van der Waals surface area (Å²) >= 11 is 0. The highest BCUT2D eigenvalue weighted by molar-refractivity contribution is 5.72. The van der Waals surface area contributed by atoms with Crippen LogP contribution in [0.3, 0.4) is 0 Å². The monoisotopic (exact) mass is 363 g/mol. The largest absolute Gasteiger partial charge is 0.310 e. The number of hydrogen-bond acceptors (Lipinski definition) is 4. The van der Waals surface area contributed by atoms with Crippen LogP contribution in [0, 0.1) is 27.7 Å². The van der Waals surface area contributed by atoms with Crippen LogP contribution < -0.4 is 5.56 Å². The van der Waals surface area contributed by atoms with Gasteiger partial charge in [-0.3, -0.25) is 9.89 Å². The minimum atomic E-state index is -0.238. The molecule has 2 N–H and O–H groups in total. The summed E-state index contributed by atoms with van der Waals surface area (Å²) in [6.07, 6.45) is 5.49. The van der Waals surface area contributed by atoms with E-state index < -0.39 is 0 Å². The van der Waals surface area contributed by atoms with Crippen molar-refractivity contribution in [3.05, 3.63) is 56.7 Å². The molecule has 2 atom stereocenters. The number of hydrogen-bond donors (Lipinski definition) is 2. The van der Waals surface area contributed by atoms with E-state index in [0.717, 1.165) is 35.0 Å². The fourth-order valence-electron chi connectivity index (χ4n) is 4.21. The van der Waals surface area contributed by atoms with Gasteiger partial charge in [0.15, 0.2) is 7.06 Å². The average molecular weight is 363 g/mol. The Bertz CT molecular complexity index is 1310. The van der Waals surface area contributed by atoms with Gasteiger partial charge in [-0.25, -0.2) is 9.97 Å². The number of pyridine rings is 1. The smallest absolute Gasteiger partial charge is 0.262 e. The molecule has 0 bridgehead atoms. The Morgan fingerprint density at radius 1 is 1.15 bits per heavy atom. The predicted octanol–water partition coefficient (Wildman–Crippen LogP) is 3.19. The molecule has 1 aliphatic rings. The number of fused-ring (bicyclic) bond motifs is 2. The van der Waals surface area contributed by atoms with Gasteiger partial charge in [-0.1, -0.05) is 0 Å². The minimum Gasteiger partial charge on any atom is -0.310 e. The van der Waals surface area contributed by atoms with Crippen LogP contribution in [0.2, 0.25) is 1.41 Å². The number of rotatable bonds is 2. The topological polar surface area (TPSA) is 91.7 Å². The second kappa shape index (κ2) is 5.52. The second-order valence-electron chi connectivity index (χ2n) is 7.66. The second-order valence-corrected chi connectivity index (χ2v) is 7.66. The molecular formula is C20H22N6O. The van der Waals surface area contributed by atoms with Crippen LogP contribution >= 0.6 is 0 Å². The van der Waals surface area contributed by atoms with E-state index in [1.54, 1.807) is 0 Å². The van der Waals surface area contributed by atoms with E-state index in [4.69, 9.17) is 6.40 Å². The third kappa shape index (κ3) is 2.20. The van der Waals surface area contributed by atoms with Crippen molar-refractivity contribution in [2.24, 2.45) is 0 Å². The van der Waals surface area contributed by atoms with Crippen molar-refractivity contribution >= 4 is 16.7 Å². The first-order valence-electron chi connectivity index (χ1n) is 9.74. The van der Waals surface area contributed by atoms with Gasteiger partial charge in [0.05, 0.1) is 11.9 Å². The van der Waals surface area contributed by atoms with Crippen molar-refractivity contribution in [1.82, 2.24) is 29.5 Å². The van der Waals surface area contributed by atoms with Gasteiger partial charge in [-0.2, -0.15) is 5.10 Å². The lowest BCUT2D eigenvalue weighted by Crippen LogP contribution is -2.27. The molecular weight excluding hydrogens is 340 g/mol. The van der Waals surface area contributed by atoms with Gasteiger partial charge in [0.25, 0.3) is 5.56 Å². The molecule has 0 spiro atoms. The summed E-state index contributed by atoms with van der Waals surface area (Å²) in [4.78, 5) is 24.8. The van der Waals surface area contributed by atoms with Crippen molar-refractivity contribution in [2.45, 2.75) is 52.4 Å². The first kappa shape index (κ1) is 15.1. The number of nitrogens with zero attached hydrogens (tertiary/aromatic N) is 4. The van der Waals surface area contributed by atoms with Gasteiger partial charge in [0.1, 0.15) is 16.9 Å². The number of aromatic nitrogens is 6. The molecule has 4 heterocycles. The molecule has 7 nitrogen and oxygen atoms in total. The molecule has 27 heavy (non-hydrogen) atoms. The lowest BCUT2D eigenvalue weighted by molar-refractivity contribution is 0.326. The van der Waals surface area contributed by atoms with E-state index in [1.165, 1.54) is 22.9 Å². The van der Waals surface area contributed by atoms with Gasteiger partial charge < -0.3 is 9.38 Å². The minimum absolute atomic E-state index is 0.0955. The van der Waals surface area contributed by atoms with Gasteiger partial charge in [-0.05, 0) is 57.2 Å². The van der Waals surface area contributed by atoms with Gasteiger partial charge >= 0.3 is 0 Å². The first-order chi connectivity index (χ1) is 13.4. The SMILES string of the molecule is [2H]n1ncc2c(=O)[nH]c([C@@H]3CC[C@@H]3c3nc4c(C)c(C)c(C)cn4c3C)nc21. The molecule has 0 radical (unpaired) electrons. The quantitative estimate of drug-likeness (QED) is 0.572. The zero-order valence-corrected chi connectivity index (χ0v) is 15.9. The van der Waals surface area contributed by atoms with Crippen molar-refractivity contribution in [2.75, 3.05) is 0 Å². The molecule has 0 aliphatic heterocycles. The van der Waals surface area contributed by atoms with E-state index in [-0.39, 0.29) is 17.4 Å². The fraction of sp³-hybridized carbons (Fsp3) is 0.400. The summed E-state index contributed by atoms with van der Waals surface area (Å²) in [6.45, 7) is 8.49. The summed E-state index contributed by atoms with van der Waals surface area (Å²) in [7, 11) is 0. The highest BCUT2D eigenvalue weighted by atomic mass is 16.1. The third-order valence-corrected chi connectivity index (χ3v) is 6.27. The number of nitrogens with one attached hydrogen (secondary N) is 2. The Balaban J connectivity index is 1.62. The molecule has 1 saturated carbocycles. The third-order valence-electron chi connectivity index (χ3n) is 6.27. The first-order valence-corrected chi connectivity index (χ1v) is 9.29. The highest BCUT2D eigenvalue weighted by Gasteiger charge is 2.38. The fourth-order valence-corrected chi connectivity index (χ4v) is 4.21. The van der Waals surface area contributed by atoms with E-state index in [2.05, 4.69) is 53.4 Å². The summed E-state index contributed by atoms with van der Waals surface area (Å²) in [5.74, 6) is 0.934. The van der Waals surface area contributed by atoms with Crippen LogP contribution in [0.25, 0.3) is 16.7 Å². The van der Waals surface area contributed by atoms with Crippen LogP contribution in [-0.2, 0) is 0 Å². The predicted molar refractivity (Wildman–Crippen MR) is 103 cm³/mol. The number of imidazole rings is 1. The standard InChI is InChI=1S/C20H22N6O/c1-9-8-26-12(4)16(22-19(26)11(3)10(9)2)13-5-6-14(13)17-23-18-15(7-21-25-18)20(27)24-17/h7-8,13-14H,5-6H2,1-4H3,(H2,21,23,24,25,27)/t13-,14+/m0/s1/i/hD. The maximum Gasteiger partial charge on any atom is 0.262 e. The zero-order valence-electron chi connectivity index (χ0n) is 16.9. The molecule has 0 unspecified atom stereocenters. The van der Waals surface area contributed by atoms with E-state index in [1.807, 2.05) is 0 Å². The van der Waals surface area contributed by atoms with Crippen LogP contribution in [-0.4, -0.2) is 29.5 Å². The average Bonchev–Trinajstić information content (AvgIpc) is 3.15. The molecule has 0 aromatic carbocycles. The van der Waals surface area contributed by atoms with E-state index >= 15 is 0 Å². The van der Waals surface area contributed by atoms with Crippen LogP contribution in [0.1, 0.15) is 58.6 Å². The van der Waals surface area contributed by atoms with Crippen molar-refractivity contribution in [1.29, 1.82) is 0 Å². The van der Waals surface area contributed by atoms with Crippen LogP contribution in [0.15, 0.2) is 17.2 Å².